The highest BCUT2D eigenvalue weighted by molar-refractivity contribution is 5.92. The third-order valence-corrected chi connectivity index (χ3v) is 3.23. The molecule has 23 heavy (non-hydrogen) atoms. The first-order valence-corrected chi connectivity index (χ1v) is 7.56. The average molecular weight is 320 g/mol. The van der Waals surface area contributed by atoms with Gasteiger partial charge in [-0.25, -0.2) is 4.79 Å². The molecule has 0 aliphatic rings. The van der Waals surface area contributed by atoms with Crippen molar-refractivity contribution in [3.63, 3.8) is 0 Å². The van der Waals surface area contributed by atoms with Crippen molar-refractivity contribution in [1.29, 1.82) is 0 Å². The molecule has 0 unspecified atom stereocenters. The van der Waals surface area contributed by atoms with Crippen molar-refractivity contribution >= 4 is 17.6 Å². The molecule has 1 rings (SSSR count). The lowest BCUT2D eigenvalue weighted by Gasteiger charge is -2.23. The fourth-order valence-electron chi connectivity index (χ4n) is 1.96. The number of aliphatic hydroxyl groups excluding tert-OH is 1. The molecule has 6 heteroatoms. The van der Waals surface area contributed by atoms with E-state index in [0.717, 1.165) is 12.2 Å². The molecule has 0 saturated carbocycles. The number of nitrogens with one attached hydrogen (secondary N) is 1. The predicted octanol–water partition coefficient (Wildman–Crippen LogP) is 1.35. The maximum Gasteiger partial charge on any atom is 0.338 e. The first-order chi connectivity index (χ1) is 11.0. The van der Waals surface area contributed by atoms with E-state index >= 15 is 0 Å². The van der Waals surface area contributed by atoms with Gasteiger partial charge in [0.15, 0.2) is 0 Å². The summed E-state index contributed by atoms with van der Waals surface area (Å²) in [6, 6.07) is 7.04. The Kier molecular flexibility index (Phi) is 7.83. The Morgan fingerprint density at radius 3 is 2.48 bits per heavy atom. The van der Waals surface area contributed by atoms with Crippen molar-refractivity contribution < 1.29 is 19.4 Å². The second-order valence-electron chi connectivity index (χ2n) is 5.02. The summed E-state index contributed by atoms with van der Waals surface area (Å²) in [6.07, 6.45) is 0. The maximum atomic E-state index is 11.7. The molecular weight excluding hydrogens is 296 g/mol. The summed E-state index contributed by atoms with van der Waals surface area (Å²) in [5, 5.41) is 11.4. The molecule has 0 aromatic heterocycles. The second-order valence-corrected chi connectivity index (χ2v) is 5.02. The fraction of sp³-hybridized carbons (Fsp3) is 0.412. The van der Waals surface area contributed by atoms with Gasteiger partial charge in [-0.1, -0.05) is 6.58 Å². The van der Waals surface area contributed by atoms with E-state index in [-0.39, 0.29) is 19.1 Å². The van der Waals surface area contributed by atoms with Crippen molar-refractivity contribution in [2.24, 2.45) is 0 Å². The molecule has 126 valence electrons. The van der Waals surface area contributed by atoms with Crippen LogP contribution in [0.1, 0.15) is 24.2 Å². The number of benzene rings is 1. The molecule has 2 N–H and O–H groups in total. The number of likely N-dealkylation sites (N-methyl/N-ethyl adjacent to an activating group) is 1. The minimum absolute atomic E-state index is 0.00983. The summed E-state index contributed by atoms with van der Waals surface area (Å²) < 4.78 is 4.86. The standard InChI is InChI=1S/C17H24N2O4/c1-4-19(10-9-18-16(21)13(2)3)15-7-5-14(6-8-15)17(22)23-12-11-20/h5-8,20H,2,4,9-12H2,1,3H3,(H,18,21). The Hall–Kier alpha value is -2.34. The van der Waals surface area contributed by atoms with Crippen LogP contribution >= 0.6 is 0 Å². The minimum Gasteiger partial charge on any atom is -0.460 e. The molecule has 0 radical (unpaired) electrons. The van der Waals surface area contributed by atoms with Gasteiger partial charge in [-0.15, -0.1) is 0 Å². The number of rotatable bonds is 9. The Bertz CT molecular complexity index is 540. The lowest BCUT2D eigenvalue weighted by Crippen LogP contribution is -2.35. The Labute approximate surface area is 136 Å². The van der Waals surface area contributed by atoms with Gasteiger partial charge in [-0.2, -0.15) is 0 Å². The minimum atomic E-state index is -0.456. The van der Waals surface area contributed by atoms with Gasteiger partial charge in [0.2, 0.25) is 5.91 Å². The number of anilines is 1. The Morgan fingerprint density at radius 1 is 1.30 bits per heavy atom. The van der Waals surface area contributed by atoms with Crippen molar-refractivity contribution in [1.82, 2.24) is 5.32 Å². The molecule has 0 aliphatic heterocycles. The normalized spacial score (nSPS) is 10.0. The molecule has 6 nitrogen and oxygen atoms in total. The molecule has 0 atom stereocenters. The van der Waals surface area contributed by atoms with Crippen molar-refractivity contribution in [3.8, 4) is 0 Å². The SMILES string of the molecule is C=C(C)C(=O)NCCN(CC)c1ccc(C(=O)OCCO)cc1. The van der Waals surface area contributed by atoms with Crippen LogP contribution in [0.15, 0.2) is 36.4 Å². The first kappa shape index (κ1) is 18.7. The number of esters is 1. The largest absolute Gasteiger partial charge is 0.460 e. The monoisotopic (exact) mass is 320 g/mol. The highest BCUT2D eigenvalue weighted by Crippen LogP contribution is 2.15. The summed E-state index contributed by atoms with van der Waals surface area (Å²) in [5.74, 6) is -0.606. The molecule has 1 aromatic rings. The van der Waals surface area contributed by atoms with Gasteiger partial charge < -0.3 is 20.1 Å². The van der Waals surface area contributed by atoms with Gasteiger partial charge in [0, 0.05) is 30.9 Å². The van der Waals surface area contributed by atoms with Crippen LogP contribution in [0.5, 0.6) is 0 Å². The summed E-state index contributed by atoms with van der Waals surface area (Å²) in [7, 11) is 0. The van der Waals surface area contributed by atoms with Crippen molar-refractivity contribution in [3.05, 3.63) is 42.0 Å². The van der Waals surface area contributed by atoms with E-state index in [2.05, 4.69) is 16.8 Å². The van der Waals surface area contributed by atoms with Gasteiger partial charge in [0.25, 0.3) is 0 Å². The van der Waals surface area contributed by atoms with E-state index in [9.17, 15) is 9.59 Å². The van der Waals surface area contributed by atoms with E-state index in [1.54, 1.807) is 19.1 Å². The maximum absolute atomic E-state index is 11.7. The van der Waals surface area contributed by atoms with Crippen LogP contribution in [-0.2, 0) is 9.53 Å². The second kappa shape index (κ2) is 9.63. The number of carbonyl (C=O) groups excluding carboxylic acids is 2. The third-order valence-electron chi connectivity index (χ3n) is 3.23. The van der Waals surface area contributed by atoms with Crippen LogP contribution < -0.4 is 10.2 Å². The number of ether oxygens (including phenoxy) is 1. The lowest BCUT2D eigenvalue weighted by molar-refractivity contribution is -0.117. The summed E-state index contributed by atoms with van der Waals surface area (Å²) >= 11 is 0. The number of carbonyl (C=O) groups is 2. The number of hydrogen-bond acceptors (Lipinski definition) is 5. The number of nitrogens with zero attached hydrogens (tertiary/aromatic N) is 1. The molecule has 0 fully saturated rings. The van der Waals surface area contributed by atoms with E-state index in [4.69, 9.17) is 9.84 Å². The summed E-state index contributed by atoms with van der Waals surface area (Å²) in [5.41, 5.74) is 1.88. The average Bonchev–Trinajstić information content (AvgIpc) is 2.56. The van der Waals surface area contributed by atoms with Gasteiger partial charge in [-0.3, -0.25) is 4.79 Å². The van der Waals surface area contributed by atoms with Gasteiger partial charge in [0.1, 0.15) is 6.61 Å². The van der Waals surface area contributed by atoms with E-state index in [0.29, 0.717) is 24.2 Å². The molecular formula is C17H24N2O4. The topological polar surface area (TPSA) is 78.9 Å². The highest BCUT2D eigenvalue weighted by atomic mass is 16.5. The van der Waals surface area contributed by atoms with Crippen LogP contribution in [0.25, 0.3) is 0 Å². The summed E-state index contributed by atoms with van der Waals surface area (Å²) in [4.78, 5) is 25.2. The molecule has 0 aliphatic carbocycles. The van der Waals surface area contributed by atoms with Crippen LogP contribution in [0.3, 0.4) is 0 Å². The lowest BCUT2D eigenvalue weighted by atomic mass is 10.2. The molecule has 1 aromatic carbocycles. The van der Waals surface area contributed by atoms with Crippen LogP contribution in [-0.4, -0.2) is 49.8 Å². The zero-order valence-corrected chi connectivity index (χ0v) is 13.7. The quantitative estimate of drug-likeness (QED) is 0.530. The van der Waals surface area contributed by atoms with E-state index in [1.807, 2.05) is 19.1 Å². The predicted molar refractivity (Wildman–Crippen MR) is 89.5 cm³/mol. The van der Waals surface area contributed by atoms with E-state index < -0.39 is 5.97 Å². The third kappa shape index (κ3) is 6.12. The van der Waals surface area contributed by atoms with Crippen molar-refractivity contribution in [2.75, 3.05) is 37.7 Å². The molecule has 0 saturated heterocycles. The van der Waals surface area contributed by atoms with Crippen LogP contribution in [0, 0.1) is 0 Å². The first-order valence-electron chi connectivity index (χ1n) is 7.56. The zero-order chi connectivity index (χ0) is 17.2. The van der Waals surface area contributed by atoms with Crippen molar-refractivity contribution in [2.45, 2.75) is 13.8 Å². The van der Waals surface area contributed by atoms with Gasteiger partial charge in [0.05, 0.1) is 12.2 Å². The number of aliphatic hydroxyl groups is 1. The highest BCUT2D eigenvalue weighted by Gasteiger charge is 2.09. The number of hydrogen-bond donors (Lipinski definition) is 2. The molecule has 1 amide bonds. The molecule has 0 bridgehead atoms. The van der Waals surface area contributed by atoms with E-state index in [1.165, 1.54) is 0 Å². The molecule has 0 spiro atoms. The van der Waals surface area contributed by atoms with Gasteiger partial charge >= 0.3 is 5.97 Å². The summed E-state index contributed by atoms with van der Waals surface area (Å²) in [6.45, 7) is 9.02. The Balaban J connectivity index is 2.59. The molecule has 0 heterocycles. The fourth-order valence-corrected chi connectivity index (χ4v) is 1.96. The number of amides is 1. The van der Waals surface area contributed by atoms with Crippen LogP contribution in [0.2, 0.25) is 0 Å². The zero-order valence-electron chi connectivity index (χ0n) is 13.7. The van der Waals surface area contributed by atoms with Crippen LogP contribution in [0.4, 0.5) is 5.69 Å². The van der Waals surface area contributed by atoms with Gasteiger partial charge in [-0.05, 0) is 38.1 Å². The smallest absolute Gasteiger partial charge is 0.338 e. The Morgan fingerprint density at radius 2 is 1.96 bits per heavy atom.